The van der Waals surface area contributed by atoms with Crippen LogP contribution in [-0.4, -0.2) is 40.7 Å². The lowest BCUT2D eigenvalue weighted by Gasteiger charge is -2.34. The van der Waals surface area contributed by atoms with Crippen molar-refractivity contribution < 1.29 is 26.3 Å². The van der Waals surface area contributed by atoms with Gasteiger partial charge in [-0.3, -0.25) is 4.31 Å². The molecular formula is C21H26F3N3O3S. The second-order valence-corrected chi connectivity index (χ2v) is 9.56. The van der Waals surface area contributed by atoms with Gasteiger partial charge in [-0.2, -0.15) is 0 Å². The summed E-state index contributed by atoms with van der Waals surface area (Å²) in [5.74, 6) is -0.356. The third-order valence-electron chi connectivity index (χ3n) is 5.30. The Balaban J connectivity index is 1.85. The minimum Gasteiger partial charge on any atom is -0.405 e. The standard InChI is InChI=1S/C21H26F3N3O3S/c1-27(31(2,28)29)17-10-11-19(30-21(22,23)24)16(13-17)14-26-18-9-6-12-25-20(18)15-7-4-3-5-8-15/h3-5,7-8,10-11,13,18,20,25-26H,6,9,12,14H2,1-2H3. The quantitative estimate of drug-likeness (QED) is 0.665. The number of piperidine rings is 1. The van der Waals surface area contributed by atoms with Crippen LogP contribution < -0.4 is 19.7 Å². The number of halogens is 3. The fourth-order valence-corrected chi connectivity index (χ4v) is 4.17. The van der Waals surface area contributed by atoms with Gasteiger partial charge in [-0.1, -0.05) is 30.3 Å². The average molecular weight is 458 g/mol. The van der Waals surface area contributed by atoms with Crippen molar-refractivity contribution in [3.05, 3.63) is 59.7 Å². The SMILES string of the molecule is CN(c1ccc(OC(F)(F)F)c(CNC2CCCNC2c2ccccc2)c1)S(C)(=O)=O. The molecule has 31 heavy (non-hydrogen) atoms. The molecule has 2 aromatic rings. The maximum Gasteiger partial charge on any atom is 0.573 e. The molecule has 2 atom stereocenters. The van der Waals surface area contributed by atoms with E-state index >= 15 is 0 Å². The molecule has 0 spiro atoms. The van der Waals surface area contributed by atoms with Crippen molar-refractivity contribution in [2.45, 2.75) is 37.8 Å². The first-order valence-corrected chi connectivity index (χ1v) is 11.7. The van der Waals surface area contributed by atoms with Crippen molar-refractivity contribution >= 4 is 15.7 Å². The summed E-state index contributed by atoms with van der Waals surface area (Å²) in [6, 6.07) is 13.7. The lowest BCUT2D eigenvalue weighted by Crippen LogP contribution is -2.45. The van der Waals surface area contributed by atoms with Crippen molar-refractivity contribution in [3.8, 4) is 5.75 Å². The second kappa shape index (κ2) is 9.46. The molecule has 0 aliphatic carbocycles. The van der Waals surface area contributed by atoms with E-state index in [4.69, 9.17) is 0 Å². The fraction of sp³-hybridized carbons (Fsp3) is 0.429. The molecule has 0 amide bonds. The normalized spacial score (nSPS) is 19.8. The van der Waals surface area contributed by atoms with Gasteiger partial charge in [0.15, 0.2) is 0 Å². The van der Waals surface area contributed by atoms with Crippen molar-refractivity contribution in [2.24, 2.45) is 0 Å². The topological polar surface area (TPSA) is 70.7 Å². The van der Waals surface area contributed by atoms with Gasteiger partial charge in [0.05, 0.1) is 11.9 Å². The molecule has 0 aromatic heterocycles. The molecule has 0 saturated carbocycles. The molecule has 6 nitrogen and oxygen atoms in total. The van der Waals surface area contributed by atoms with E-state index in [0.717, 1.165) is 41.6 Å². The average Bonchev–Trinajstić information content (AvgIpc) is 2.71. The summed E-state index contributed by atoms with van der Waals surface area (Å²) in [6.45, 7) is 0.946. The molecule has 1 heterocycles. The molecule has 1 fully saturated rings. The number of rotatable bonds is 7. The van der Waals surface area contributed by atoms with Crippen molar-refractivity contribution in [1.29, 1.82) is 0 Å². The van der Waals surface area contributed by atoms with Crippen LogP contribution in [0.15, 0.2) is 48.5 Å². The number of nitrogens with one attached hydrogen (secondary N) is 2. The van der Waals surface area contributed by atoms with Gasteiger partial charge >= 0.3 is 6.36 Å². The maximum atomic E-state index is 12.9. The number of nitrogens with zero attached hydrogens (tertiary/aromatic N) is 1. The highest BCUT2D eigenvalue weighted by molar-refractivity contribution is 7.92. The van der Waals surface area contributed by atoms with Gasteiger partial charge < -0.3 is 15.4 Å². The van der Waals surface area contributed by atoms with Gasteiger partial charge in [-0.25, -0.2) is 8.42 Å². The molecule has 2 unspecified atom stereocenters. The zero-order valence-electron chi connectivity index (χ0n) is 17.3. The Morgan fingerprint density at radius 2 is 1.90 bits per heavy atom. The summed E-state index contributed by atoms with van der Waals surface area (Å²) in [7, 11) is -2.21. The van der Waals surface area contributed by atoms with E-state index < -0.39 is 16.4 Å². The third kappa shape index (κ3) is 6.34. The fourth-order valence-electron chi connectivity index (χ4n) is 3.68. The van der Waals surface area contributed by atoms with Gasteiger partial charge in [0.2, 0.25) is 10.0 Å². The van der Waals surface area contributed by atoms with E-state index in [-0.39, 0.29) is 35.6 Å². The van der Waals surface area contributed by atoms with Crippen molar-refractivity contribution in [1.82, 2.24) is 10.6 Å². The molecular weight excluding hydrogens is 431 g/mol. The summed E-state index contributed by atoms with van der Waals surface area (Å²) in [4.78, 5) is 0. The summed E-state index contributed by atoms with van der Waals surface area (Å²) >= 11 is 0. The largest absolute Gasteiger partial charge is 0.573 e. The smallest absolute Gasteiger partial charge is 0.405 e. The van der Waals surface area contributed by atoms with Crippen LogP contribution in [0.25, 0.3) is 0 Å². The van der Waals surface area contributed by atoms with Gasteiger partial charge in [-0.15, -0.1) is 13.2 Å². The van der Waals surface area contributed by atoms with Crippen LogP contribution in [0.5, 0.6) is 5.75 Å². The summed E-state index contributed by atoms with van der Waals surface area (Å²) in [5.41, 5.74) is 1.58. The maximum absolute atomic E-state index is 12.9. The zero-order chi connectivity index (χ0) is 22.6. The number of hydrogen-bond donors (Lipinski definition) is 2. The highest BCUT2D eigenvalue weighted by Crippen LogP contribution is 2.31. The minimum atomic E-state index is -4.85. The van der Waals surface area contributed by atoms with Crippen LogP contribution in [-0.2, 0) is 16.6 Å². The number of anilines is 1. The Morgan fingerprint density at radius 1 is 1.19 bits per heavy atom. The Labute approximate surface area is 180 Å². The number of ether oxygens (including phenoxy) is 1. The summed E-state index contributed by atoms with van der Waals surface area (Å²) in [5, 5.41) is 6.80. The predicted octanol–water partition coefficient (Wildman–Crippen LogP) is 3.56. The van der Waals surface area contributed by atoms with Crippen LogP contribution in [0.2, 0.25) is 0 Å². The molecule has 1 saturated heterocycles. The highest BCUT2D eigenvalue weighted by Gasteiger charge is 2.33. The summed E-state index contributed by atoms with van der Waals surface area (Å²) in [6.07, 6.45) is -2.03. The molecule has 1 aliphatic rings. The van der Waals surface area contributed by atoms with Crippen LogP contribution >= 0.6 is 0 Å². The van der Waals surface area contributed by atoms with Gasteiger partial charge in [0, 0.05) is 31.2 Å². The summed E-state index contributed by atoms with van der Waals surface area (Å²) < 4.78 is 67.6. The highest BCUT2D eigenvalue weighted by atomic mass is 32.2. The molecule has 1 aliphatic heterocycles. The van der Waals surface area contributed by atoms with Gasteiger partial charge in [-0.05, 0) is 43.1 Å². The number of benzene rings is 2. The molecule has 170 valence electrons. The van der Waals surface area contributed by atoms with Crippen LogP contribution in [0.1, 0.15) is 30.0 Å². The lowest BCUT2D eigenvalue weighted by molar-refractivity contribution is -0.274. The number of sulfonamides is 1. The van der Waals surface area contributed by atoms with Gasteiger partial charge in [0.25, 0.3) is 0 Å². The van der Waals surface area contributed by atoms with E-state index in [1.807, 2.05) is 30.3 Å². The third-order valence-corrected chi connectivity index (χ3v) is 6.51. The Bertz CT molecular complexity index is 984. The van der Waals surface area contributed by atoms with Crippen molar-refractivity contribution in [2.75, 3.05) is 24.2 Å². The Hall–Kier alpha value is -2.30. The van der Waals surface area contributed by atoms with E-state index in [1.165, 1.54) is 19.2 Å². The molecule has 2 aromatic carbocycles. The van der Waals surface area contributed by atoms with E-state index in [0.29, 0.717) is 0 Å². The molecule has 0 radical (unpaired) electrons. The zero-order valence-corrected chi connectivity index (χ0v) is 18.1. The first-order valence-electron chi connectivity index (χ1n) is 9.89. The monoisotopic (exact) mass is 457 g/mol. The first-order chi connectivity index (χ1) is 14.5. The molecule has 2 N–H and O–H groups in total. The van der Waals surface area contributed by atoms with Crippen LogP contribution in [0.4, 0.5) is 18.9 Å². The van der Waals surface area contributed by atoms with E-state index in [2.05, 4.69) is 15.4 Å². The first kappa shape index (κ1) is 23.4. The molecule has 10 heteroatoms. The van der Waals surface area contributed by atoms with Crippen LogP contribution in [0.3, 0.4) is 0 Å². The predicted molar refractivity (Wildman–Crippen MR) is 113 cm³/mol. The molecule has 3 rings (SSSR count). The minimum absolute atomic E-state index is 0.00817. The Kier molecular flexibility index (Phi) is 7.13. The number of alkyl halides is 3. The Morgan fingerprint density at radius 3 is 2.55 bits per heavy atom. The second-order valence-electron chi connectivity index (χ2n) is 7.54. The van der Waals surface area contributed by atoms with E-state index in [9.17, 15) is 21.6 Å². The number of hydrogen-bond acceptors (Lipinski definition) is 5. The molecule has 0 bridgehead atoms. The lowest BCUT2D eigenvalue weighted by atomic mass is 9.92. The van der Waals surface area contributed by atoms with Crippen LogP contribution in [0, 0.1) is 0 Å². The van der Waals surface area contributed by atoms with E-state index in [1.54, 1.807) is 0 Å². The van der Waals surface area contributed by atoms with Crippen molar-refractivity contribution in [3.63, 3.8) is 0 Å². The van der Waals surface area contributed by atoms with Gasteiger partial charge in [0.1, 0.15) is 5.75 Å².